The molecule has 1 aromatic rings. The highest BCUT2D eigenvalue weighted by atomic mass is 32.2. The Hall–Kier alpha value is -1.03. The Bertz CT molecular complexity index is 548. The first-order valence-electron chi connectivity index (χ1n) is 6.87. The first kappa shape index (κ1) is 14.4. The monoisotopic (exact) mass is 278 g/mol. The number of thioether (sulfide) groups is 1. The quantitative estimate of drug-likeness (QED) is 0.833. The van der Waals surface area contributed by atoms with Crippen LogP contribution in [0.2, 0.25) is 0 Å². The molecule has 2 rings (SSSR count). The average molecular weight is 278 g/mol. The number of hydrogen-bond donors (Lipinski definition) is 0. The number of nitrogens with zero attached hydrogens (tertiary/aromatic N) is 2. The molecular formula is C15H22N2OS. The maximum atomic E-state index is 12.0. The number of fused-ring (bicyclic) bond motifs is 1. The number of pyridine rings is 1. The number of aliphatic imine (C=N–C) groups is 1. The van der Waals surface area contributed by atoms with E-state index in [1.807, 2.05) is 29.3 Å². The molecule has 2 heterocycles. The van der Waals surface area contributed by atoms with Gasteiger partial charge in [-0.05, 0) is 44.9 Å². The lowest BCUT2D eigenvalue weighted by molar-refractivity contribution is 0.495. The van der Waals surface area contributed by atoms with E-state index < -0.39 is 0 Å². The van der Waals surface area contributed by atoms with Crippen molar-refractivity contribution >= 4 is 17.5 Å². The van der Waals surface area contributed by atoms with Crippen LogP contribution in [0.15, 0.2) is 21.9 Å². The highest BCUT2D eigenvalue weighted by Crippen LogP contribution is 2.26. The second-order valence-corrected chi connectivity index (χ2v) is 6.24. The van der Waals surface area contributed by atoms with Crippen molar-refractivity contribution in [1.82, 2.24) is 4.57 Å². The van der Waals surface area contributed by atoms with Crippen LogP contribution < -0.4 is 5.56 Å². The van der Waals surface area contributed by atoms with Crippen LogP contribution >= 0.6 is 11.8 Å². The summed E-state index contributed by atoms with van der Waals surface area (Å²) in [7, 11) is 0. The van der Waals surface area contributed by atoms with E-state index in [0.29, 0.717) is 11.3 Å². The van der Waals surface area contributed by atoms with Gasteiger partial charge in [-0.1, -0.05) is 6.92 Å². The van der Waals surface area contributed by atoms with Gasteiger partial charge in [0.25, 0.3) is 5.56 Å². The summed E-state index contributed by atoms with van der Waals surface area (Å²) in [6, 6.07) is 3.61. The second kappa shape index (κ2) is 5.95. The maximum Gasteiger partial charge on any atom is 0.250 e. The molecule has 0 bridgehead atoms. The van der Waals surface area contributed by atoms with Crippen molar-refractivity contribution in [2.75, 3.05) is 6.26 Å². The van der Waals surface area contributed by atoms with Crippen molar-refractivity contribution in [2.45, 2.75) is 45.5 Å². The van der Waals surface area contributed by atoms with Gasteiger partial charge in [0.2, 0.25) is 0 Å². The molecule has 0 aromatic carbocycles. The zero-order valence-corrected chi connectivity index (χ0v) is 13.0. The Labute approximate surface area is 119 Å². The fourth-order valence-electron chi connectivity index (χ4n) is 2.76. The molecule has 0 spiro atoms. The molecule has 1 aromatic heterocycles. The Morgan fingerprint density at radius 3 is 2.84 bits per heavy atom. The summed E-state index contributed by atoms with van der Waals surface area (Å²) in [6.45, 7) is 7.07. The Kier molecular flexibility index (Phi) is 4.50. The van der Waals surface area contributed by atoms with Gasteiger partial charge in [-0.2, -0.15) is 0 Å². The van der Waals surface area contributed by atoms with Crippen LogP contribution in [-0.2, 0) is 13.0 Å². The minimum Gasteiger partial charge on any atom is -0.312 e. The molecule has 4 heteroatoms. The minimum atomic E-state index is 0.100. The van der Waals surface area contributed by atoms with Gasteiger partial charge in [0.1, 0.15) is 0 Å². The van der Waals surface area contributed by atoms with E-state index in [2.05, 4.69) is 20.1 Å². The van der Waals surface area contributed by atoms with Crippen molar-refractivity contribution in [3.8, 4) is 0 Å². The SMILES string of the molecule is CCn1c2c(ccc1=O)/C(C)=N\C(SC)CC(C)C2. The van der Waals surface area contributed by atoms with Gasteiger partial charge in [0.15, 0.2) is 0 Å². The lowest BCUT2D eigenvalue weighted by Gasteiger charge is -2.24. The van der Waals surface area contributed by atoms with Gasteiger partial charge < -0.3 is 4.57 Å². The molecule has 0 aliphatic carbocycles. The molecule has 0 fully saturated rings. The average Bonchev–Trinajstić information content (AvgIpc) is 2.36. The van der Waals surface area contributed by atoms with Crippen LogP contribution in [0.3, 0.4) is 0 Å². The summed E-state index contributed by atoms with van der Waals surface area (Å²) in [5, 5.41) is 0.338. The van der Waals surface area contributed by atoms with E-state index in [1.54, 1.807) is 6.07 Å². The summed E-state index contributed by atoms with van der Waals surface area (Å²) in [4.78, 5) is 16.8. The zero-order valence-electron chi connectivity index (χ0n) is 12.1. The predicted octanol–water partition coefficient (Wildman–Crippen LogP) is 2.95. The van der Waals surface area contributed by atoms with E-state index in [-0.39, 0.29) is 5.56 Å². The molecule has 3 nitrogen and oxygen atoms in total. The number of hydrogen-bond acceptors (Lipinski definition) is 3. The minimum absolute atomic E-state index is 0.100. The van der Waals surface area contributed by atoms with E-state index >= 15 is 0 Å². The van der Waals surface area contributed by atoms with Crippen molar-refractivity contribution in [3.63, 3.8) is 0 Å². The summed E-state index contributed by atoms with van der Waals surface area (Å²) in [6.07, 6.45) is 4.15. The van der Waals surface area contributed by atoms with Gasteiger partial charge in [-0.25, -0.2) is 0 Å². The molecule has 0 amide bonds. The summed E-state index contributed by atoms with van der Waals surface area (Å²) < 4.78 is 1.89. The summed E-state index contributed by atoms with van der Waals surface area (Å²) in [5.74, 6) is 0.549. The standard InChI is InChI=1S/C15H22N2OS/c1-5-17-13-8-10(2)9-14(19-4)16-11(3)12(13)6-7-15(17)18/h6-7,10,14H,5,8-9H2,1-4H3/b16-11-. The van der Waals surface area contributed by atoms with E-state index in [4.69, 9.17) is 4.99 Å². The van der Waals surface area contributed by atoms with Crippen molar-refractivity contribution in [2.24, 2.45) is 10.9 Å². The molecule has 2 atom stereocenters. The van der Waals surface area contributed by atoms with Gasteiger partial charge >= 0.3 is 0 Å². The molecule has 19 heavy (non-hydrogen) atoms. The maximum absolute atomic E-state index is 12.0. The van der Waals surface area contributed by atoms with Crippen LogP contribution in [0.25, 0.3) is 0 Å². The molecule has 0 saturated carbocycles. The number of rotatable bonds is 2. The summed E-state index contributed by atoms with van der Waals surface area (Å²) in [5.41, 5.74) is 3.46. The van der Waals surface area contributed by atoms with E-state index in [0.717, 1.165) is 36.4 Å². The fraction of sp³-hybridized carbons (Fsp3) is 0.600. The molecule has 104 valence electrons. The van der Waals surface area contributed by atoms with Gasteiger partial charge in [-0.15, -0.1) is 11.8 Å². The highest BCUT2D eigenvalue weighted by molar-refractivity contribution is 7.99. The molecule has 0 N–H and O–H groups in total. The van der Waals surface area contributed by atoms with E-state index in [1.165, 1.54) is 0 Å². The first-order valence-corrected chi connectivity index (χ1v) is 8.15. The van der Waals surface area contributed by atoms with Gasteiger partial charge in [0, 0.05) is 29.6 Å². The third kappa shape index (κ3) is 2.94. The predicted molar refractivity (Wildman–Crippen MR) is 83.4 cm³/mol. The number of aromatic nitrogens is 1. The first-order chi connectivity index (χ1) is 9.06. The van der Waals surface area contributed by atoms with Crippen LogP contribution in [0, 0.1) is 5.92 Å². The van der Waals surface area contributed by atoms with Crippen LogP contribution in [-0.4, -0.2) is 21.9 Å². The molecule has 1 aliphatic rings. The summed E-state index contributed by atoms with van der Waals surface area (Å²) >= 11 is 1.81. The lowest BCUT2D eigenvalue weighted by Crippen LogP contribution is -2.28. The topological polar surface area (TPSA) is 34.4 Å². The largest absolute Gasteiger partial charge is 0.312 e. The van der Waals surface area contributed by atoms with E-state index in [9.17, 15) is 4.79 Å². The van der Waals surface area contributed by atoms with Crippen molar-refractivity contribution in [3.05, 3.63) is 33.7 Å². The smallest absolute Gasteiger partial charge is 0.250 e. The fourth-order valence-corrected chi connectivity index (χ4v) is 3.54. The van der Waals surface area contributed by atoms with Gasteiger partial charge in [-0.3, -0.25) is 9.79 Å². The third-order valence-electron chi connectivity index (χ3n) is 3.76. The zero-order chi connectivity index (χ0) is 14.0. The Morgan fingerprint density at radius 1 is 1.47 bits per heavy atom. The molecule has 2 unspecified atom stereocenters. The second-order valence-electron chi connectivity index (χ2n) is 5.23. The highest BCUT2D eigenvalue weighted by Gasteiger charge is 2.20. The third-order valence-corrected chi connectivity index (χ3v) is 4.60. The van der Waals surface area contributed by atoms with Crippen LogP contribution in [0.1, 0.15) is 38.4 Å². The molecule has 0 saturated heterocycles. The van der Waals surface area contributed by atoms with Crippen LogP contribution in [0.4, 0.5) is 0 Å². The lowest BCUT2D eigenvalue weighted by atomic mass is 9.95. The van der Waals surface area contributed by atoms with Crippen molar-refractivity contribution in [1.29, 1.82) is 0 Å². The Balaban J connectivity index is 2.60. The molecular weight excluding hydrogens is 256 g/mol. The van der Waals surface area contributed by atoms with Crippen molar-refractivity contribution < 1.29 is 0 Å². The van der Waals surface area contributed by atoms with Gasteiger partial charge in [0.05, 0.1) is 5.37 Å². The van der Waals surface area contributed by atoms with Crippen LogP contribution in [0.5, 0.6) is 0 Å². The normalized spacial score (nSPS) is 26.0. The Morgan fingerprint density at radius 2 is 2.21 bits per heavy atom. The molecule has 1 aliphatic heterocycles. The molecule has 0 radical (unpaired) electrons.